The third-order valence-electron chi connectivity index (χ3n) is 1.93. The lowest BCUT2D eigenvalue weighted by Gasteiger charge is -2.13. The molecule has 2 N–H and O–H groups in total. The maximum atomic E-state index is 10.7. The van der Waals surface area contributed by atoms with Gasteiger partial charge in [0.2, 0.25) is 0 Å². The minimum absolute atomic E-state index is 0.303. The zero-order chi connectivity index (χ0) is 10.7. The monoisotopic (exact) mass is 193 g/mol. The van der Waals surface area contributed by atoms with Gasteiger partial charge in [-0.05, 0) is 38.5 Å². The predicted octanol–water partition coefficient (Wildman–Crippen LogP) is 2.51. The minimum Gasteiger partial charge on any atom is -0.478 e. The van der Waals surface area contributed by atoms with Crippen molar-refractivity contribution in [3.05, 3.63) is 29.3 Å². The Morgan fingerprint density at radius 3 is 2.57 bits per heavy atom. The van der Waals surface area contributed by atoms with Crippen molar-refractivity contribution in [3.63, 3.8) is 0 Å². The van der Waals surface area contributed by atoms with Gasteiger partial charge in [0.15, 0.2) is 0 Å². The van der Waals surface area contributed by atoms with Crippen LogP contribution in [0.5, 0.6) is 0 Å². The Morgan fingerprint density at radius 2 is 2.07 bits per heavy atom. The van der Waals surface area contributed by atoms with Gasteiger partial charge in [-0.15, -0.1) is 0 Å². The van der Waals surface area contributed by atoms with Crippen molar-refractivity contribution < 1.29 is 9.90 Å². The molecular formula is C11H15NO2. The fourth-order valence-corrected chi connectivity index (χ4v) is 1.22. The van der Waals surface area contributed by atoms with Crippen LogP contribution in [0.4, 0.5) is 5.69 Å². The summed E-state index contributed by atoms with van der Waals surface area (Å²) < 4.78 is 0. The number of carbonyl (C=O) groups is 1. The number of benzene rings is 1. The number of rotatable bonds is 3. The van der Waals surface area contributed by atoms with E-state index in [0.717, 1.165) is 11.3 Å². The molecule has 0 aromatic heterocycles. The number of anilines is 1. The lowest BCUT2D eigenvalue weighted by Crippen LogP contribution is -2.11. The van der Waals surface area contributed by atoms with Crippen LogP contribution in [0.2, 0.25) is 0 Å². The number of carboxylic acid groups (broad SMARTS) is 1. The molecule has 76 valence electrons. The van der Waals surface area contributed by atoms with Gasteiger partial charge in [-0.2, -0.15) is 0 Å². The molecule has 0 unspecified atom stereocenters. The van der Waals surface area contributed by atoms with Crippen molar-refractivity contribution in [1.29, 1.82) is 0 Å². The van der Waals surface area contributed by atoms with Gasteiger partial charge in [-0.1, -0.05) is 6.07 Å². The molecule has 1 aromatic rings. The summed E-state index contributed by atoms with van der Waals surface area (Å²) in [5.74, 6) is -0.892. The molecule has 0 heterocycles. The van der Waals surface area contributed by atoms with E-state index in [1.807, 2.05) is 26.8 Å². The maximum Gasteiger partial charge on any atom is 0.335 e. The highest BCUT2D eigenvalue weighted by Crippen LogP contribution is 2.17. The summed E-state index contributed by atoms with van der Waals surface area (Å²) in [6.07, 6.45) is 0. The van der Waals surface area contributed by atoms with E-state index in [9.17, 15) is 4.79 Å². The van der Waals surface area contributed by atoms with E-state index in [2.05, 4.69) is 5.32 Å². The number of hydrogen-bond acceptors (Lipinski definition) is 2. The molecule has 1 aromatic carbocycles. The second-order valence-electron chi connectivity index (χ2n) is 3.63. The average molecular weight is 193 g/mol. The Bertz CT molecular complexity index is 345. The highest BCUT2D eigenvalue weighted by molar-refractivity contribution is 5.89. The highest BCUT2D eigenvalue weighted by atomic mass is 16.4. The van der Waals surface area contributed by atoms with E-state index in [-0.39, 0.29) is 0 Å². The van der Waals surface area contributed by atoms with Crippen molar-refractivity contribution in [1.82, 2.24) is 0 Å². The molecule has 0 aliphatic carbocycles. The molecule has 0 amide bonds. The summed E-state index contributed by atoms with van der Waals surface area (Å²) in [4.78, 5) is 10.7. The number of hydrogen-bond donors (Lipinski definition) is 2. The van der Waals surface area contributed by atoms with Crippen molar-refractivity contribution in [2.45, 2.75) is 26.8 Å². The van der Waals surface area contributed by atoms with Gasteiger partial charge in [0.05, 0.1) is 5.56 Å². The summed E-state index contributed by atoms with van der Waals surface area (Å²) in [5.41, 5.74) is 2.27. The molecule has 0 aliphatic rings. The normalized spacial score (nSPS) is 10.3. The molecule has 0 radical (unpaired) electrons. The van der Waals surface area contributed by atoms with Crippen LogP contribution in [0, 0.1) is 6.92 Å². The van der Waals surface area contributed by atoms with E-state index < -0.39 is 5.97 Å². The SMILES string of the molecule is Cc1ccc(C(=O)O)cc1NC(C)C. The molecule has 0 spiro atoms. The van der Waals surface area contributed by atoms with Crippen LogP contribution in [-0.2, 0) is 0 Å². The van der Waals surface area contributed by atoms with Crippen LogP contribution >= 0.6 is 0 Å². The minimum atomic E-state index is -0.892. The molecule has 0 aliphatic heterocycles. The third-order valence-corrected chi connectivity index (χ3v) is 1.93. The van der Waals surface area contributed by atoms with E-state index in [0.29, 0.717) is 11.6 Å². The van der Waals surface area contributed by atoms with Crippen molar-refractivity contribution in [3.8, 4) is 0 Å². The molecular weight excluding hydrogens is 178 g/mol. The molecule has 3 nitrogen and oxygen atoms in total. The first-order valence-corrected chi connectivity index (χ1v) is 4.61. The standard InChI is InChI=1S/C11H15NO2/c1-7(2)12-10-6-9(11(13)14)5-4-8(10)3/h4-7,12H,1-3H3,(H,13,14). The van der Waals surface area contributed by atoms with Gasteiger partial charge in [-0.3, -0.25) is 0 Å². The van der Waals surface area contributed by atoms with Gasteiger partial charge >= 0.3 is 5.97 Å². The van der Waals surface area contributed by atoms with Crippen LogP contribution < -0.4 is 5.32 Å². The summed E-state index contributed by atoms with van der Waals surface area (Å²) in [6.45, 7) is 6.00. The van der Waals surface area contributed by atoms with Crippen LogP contribution in [0.15, 0.2) is 18.2 Å². The zero-order valence-electron chi connectivity index (χ0n) is 8.66. The Labute approximate surface area is 83.8 Å². The van der Waals surface area contributed by atoms with Gasteiger partial charge in [0.25, 0.3) is 0 Å². The molecule has 0 atom stereocenters. The molecule has 14 heavy (non-hydrogen) atoms. The first-order chi connectivity index (χ1) is 6.50. The fourth-order valence-electron chi connectivity index (χ4n) is 1.22. The van der Waals surface area contributed by atoms with Gasteiger partial charge < -0.3 is 10.4 Å². The quantitative estimate of drug-likeness (QED) is 0.775. The second-order valence-corrected chi connectivity index (χ2v) is 3.63. The Hall–Kier alpha value is -1.51. The third kappa shape index (κ3) is 2.49. The zero-order valence-corrected chi connectivity index (χ0v) is 8.66. The average Bonchev–Trinajstić information content (AvgIpc) is 2.07. The molecule has 0 saturated carbocycles. The number of aromatic carboxylic acids is 1. The van der Waals surface area contributed by atoms with Crippen molar-refractivity contribution in [2.75, 3.05) is 5.32 Å². The second kappa shape index (κ2) is 4.13. The highest BCUT2D eigenvalue weighted by Gasteiger charge is 2.06. The van der Waals surface area contributed by atoms with Crippen LogP contribution in [0.25, 0.3) is 0 Å². The van der Waals surface area contributed by atoms with E-state index >= 15 is 0 Å². The molecule has 0 bridgehead atoms. The Morgan fingerprint density at radius 1 is 1.43 bits per heavy atom. The van der Waals surface area contributed by atoms with Crippen LogP contribution in [0.3, 0.4) is 0 Å². The number of carboxylic acids is 1. The number of aryl methyl sites for hydroxylation is 1. The van der Waals surface area contributed by atoms with Gasteiger partial charge in [0, 0.05) is 11.7 Å². The smallest absolute Gasteiger partial charge is 0.335 e. The van der Waals surface area contributed by atoms with Crippen LogP contribution in [-0.4, -0.2) is 17.1 Å². The first-order valence-electron chi connectivity index (χ1n) is 4.61. The molecule has 1 rings (SSSR count). The van der Waals surface area contributed by atoms with Crippen molar-refractivity contribution in [2.24, 2.45) is 0 Å². The topological polar surface area (TPSA) is 49.3 Å². The summed E-state index contributed by atoms with van der Waals surface area (Å²) >= 11 is 0. The van der Waals surface area contributed by atoms with Gasteiger partial charge in [-0.25, -0.2) is 4.79 Å². The van der Waals surface area contributed by atoms with E-state index in [4.69, 9.17) is 5.11 Å². The Balaban J connectivity index is 3.02. The molecule has 0 fully saturated rings. The lowest BCUT2D eigenvalue weighted by molar-refractivity contribution is 0.0697. The summed E-state index contributed by atoms with van der Waals surface area (Å²) in [6, 6.07) is 5.40. The van der Waals surface area contributed by atoms with E-state index in [1.165, 1.54) is 0 Å². The van der Waals surface area contributed by atoms with Crippen molar-refractivity contribution >= 4 is 11.7 Å². The molecule has 3 heteroatoms. The van der Waals surface area contributed by atoms with Crippen LogP contribution in [0.1, 0.15) is 29.8 Å². The molecule has 0 saturated heterocycles. The predicted molar refractivity (Wildman–Crippen MR) is 56.9 cm³/mol. The van der Waals surface area contributed by atoms with Gasteiger partial charge in [0.1, 0.15) is 0 Å². The summed E-state index contributed by atoms with van der Waals surface area (Å²) in [7, 11) is 0. The number of nitrogens with one attached hydrogen (secondary N) is 1. The van der Waals surface area contributed by atoms with E-state index in [1.54, 1.807) is 12.1 Å². The fraction of sp³-hybridized carbons (Fsp3) is 0.364. The largest absolute Gasteiger partial charge is 0.478 e. The lowest BCUT2D eigenvalue weighted by atomic mass is 10.1. The summed E-state index contributed by atoms with van der Waals surface area (Å²) in [5, 5.41) is 12.0. The first kappa shape index (κ1) is 10.6. The maximum absolute atomic E-state index is 10.7. The Kier molecular flexibility index (Phi) is 3.12.